The Balaban J connectivity index is 1.97. The maximum atomic E-state index is 5.77. The molecule has 0 saturated heterocycles. The molecule has 0 amide bonds. The molecule has 0 unspecified atom stereocenters. The van der Waals surface area contributed by atoms with E-state index in [1.807, 2.05) is 24.3 Å². The molecule has 2 aromatic rings. The number of nitrogens with one attached hydrogen (secondary N) is 1. The molecule has 90 valence electrons. The van der Waals surface area contributed by atoms with Crippen molar-refractivity contribution in [2.45, 2.75) is 10.9 Å². The minimum absolute atomic E-state index is 0.309. The number of aromatic amines is 1. The van der Waals surface area contributed by atoms with Gasteiger partial charge in [-0.3, -0.25) is 0 Å². The summed E-state index contributed by atoms with van der Waals surface area (Å²) in [6.07, 6.45) is 0. The van der Waals surface area contributed by atoms with Gasteiger partial charge in [-0.1, -0.05) is 47.1 Å². The Hall–Kier alpha value is -0.840. The molecule has 1 N–H and O–H groups in total. The molecule has 0 bridgehead atoms. The molecule has 0 radical (unpaired) electrons. The van der Waals surface area contributed by atoms with Gasteiger partial charge < -0.3 is 9.72 Å². The molecule has 0 atom stereocenters. The van der Waals surface area contributed by atoms with Gasteiger partial charge in [0.1, 0.15) is 10.9 Å². The molecule has 0 aliphatic carbocycles. The Bertz CT molecular complexity index is 479. The minimum atomic E-state index is 0.309. The molecule has 1 aromatic carbocycles. The van der Waals surface area contributed by atoms with Gasteiger partial charge in [0.05, 0.1) is 7.11 Å². The van der Waals surface area contributed by atoms with Crippen molar-refractivity contribution in [3.8, 4) is 5.75 Å². The van der Waals surface area contributed by atoms with Crippen LogP contribution in [0.3, 0.4) is 0 Å². The van der Waals surface area contributed by atoms with E-state index < -0.39 is 0 Å². The molecule has 0 saturated carbocycles. The monoisotopic (exact) mass is 288 g/mol. The van der Waals surface area contributed by atoms with E-state index in [-0.39, 0.29) is 0 Å². The van der Waals surface area contributed by atoms with Gasteiger partial charge in [-0.15, -0.1) is 0 Å². The van der Waals surface area contributed by atoms with E-state index >= 15 is 0 Å². The fraction of sp³-hybridized carbons (Fsp3) is 0.182. The summed E-state index contributed by atoms with van der Waals surface area (Å²) in [5, 5.41) is 1.41. The van der Waals surface area contributed by atoms with Crippen LogP contribution in [0.5, 0.6) is 5.75 Å². The Morgan fingerprint density at radius 3 is 2.53 bits per heavy atom. The summed E-state index contributed by atoms with van der Waals surface area (Å²) in [6, 6.07) is 7.88. The van der Waals surface area contributed by atoms with Crippen molar-refractivity contribution < 1.29 is 4.74 Å². The maximum Gasteiger partial charge on any atom is 0.168 e. The molecular weight excluding hydrogens is 279 g/mol. The summed E-state index contributed by atoms with van der Waals surface area (Å²) in [4.78, 5) is 6.97. The van der Waals surface area contributed by atoms with Crippen molar-refractivity contribution in [1.29, 1.82) is 0 Å². The highest BCUT2D eigenvalue weighted by atomic mass is 35.5. The van der Waals surface area contributed by atoms with Gasteiger partial charge in [0.25, 0.3) is 0 Å². The second-order valence-electron chi connectivity index (χ2n) is 3.28. The van der Waals surface area contributed by atoms with Gasteiger partial charge in [0.2, 0.25) is 0 Å². The van der Waals surface area contributed by atoms with E-state index in [1.54, 1.807) is 18.9 Å². The molecule has 6 heteroatoms. The number of ether oxygens (including phenoxy) is 1. The fourth-order valence-corrected chi connectivity index (χ4v) is 2.45. The largest absolute Gasteiger partial charge is 0.497 e. The molecule has 17 heavy (non-hydrogen) atoms. The van der Waals surface area contributed by atoms with Gasteiger partial charge in [0, 0.05) is 5.75 Å². The van der Waals surface area contributed by atoms with E-state index in [0.29, 0.717) is 10.3 Å². The van der Waals surface area contributed by atoms with Crippen LogP contribution in [0.25, 0.3) is 0 Å². The van der Waals surface area contributed by atoms with Crippen LogP contribution >= 0.6 is 35.0 Å². The average Bonchev–Trinajstić information content (AvgIpc) is 2.67. The molecular formula is C11H10Cl2N2OS. The Morgan fingerprint density at radius 1 is 1.29 bits per heavy atom. The van der Waals surface area contributed by atoms with Gasteiger partial charge in [-0.05, 0) is 17.7 Å². The number of H-pyrrole nitrogens is 1. The first kappa shape index (κ1) is 12.6. The molecule has 0 fully saturated rings. The van der Waals surface area contributed by atoms with E-state index in [0.717, 1.165) is 16.7 Å². The molecule has 0 spiro atoms. The SMILES string of the molecule is COc1ccc(CSc2nc(Cl)c(Cl)[nH]2)cc1. The van der Waals surface area contributed by atoms with Gasteiger partial charge in [-0.2, -0.15) is 0 Å². The molecule has 0 aliphatic heterocycles. The third-order valence-electron chi connectivity index (χ3n) is 2.13. The third kappa shape index (κ3) is 3.31. The summed E-state index contributed by atoms with van der Waals surface area (Å²) in [6.45, 7) is 0. The first-order chi connectivity index (χ1) is 8.19. The number of benzene rings is 1. The highest BCUT2D eigenvalue weighted by Gasteiger charge is 2.06. The first-order valence-electron chi connectivity index (χ1n) is 4.86. The van der Waals surface area contributed by atoms with Crippen LogP contribution in [0.2, 0.25) is 10.3 Å². The van der Waals surface area contributed by atoms with Crippen LogP contribution in [-0.2, 0) is 5.75 Å². The topological polar surface area (TPSA) is 37.9 Å². The van der Waals surface area contributed by atoms with Crippen LogP contribution in [-0.4, -0.2) is 17.1 Å². The molecule has 2 rings (SSSR count). The van der Waals surface area contributed by atoms with Crippen LogP contribution < -0.4 is 4.74 Å². The predicted octanol–water partition coefficient (Wildman–Crippen LogP) is 4.02. The number of nitrogens with zero attached hydrogens (tertiary/aromatic N) is 1. The van der Waals surface area contributed by atoms with Gasteiger partial charge in [0.15, 0.2) is 10.3 Å². The van der Waals surface area contributed by atoms with Crippen LogP contribution in [0.15, 0.2) is 29.4 Å². The lowest BCUT2D eigenvalue weighted by molar-refractivity contribution is 0.414. The smallest absolute Gasteiger partial charge is 0.168 e. The van der Waals surface area contributed by atoms with E-state index in [4.69, 9.17) is 27.9 Å². The summed E-state index contributed by atoms with van der Waals surface area (Å²) < 4.78 is 5.09. The number of halogens is 2. The zero-order valence-corrected chi connectivity index (χ0v) is 11.4. The van der Waals surface area contributed by atoms with Crippen molar-refractivity contribution in [1.82, 2.24) is 9.97 Å². The quantitative estimate of drug-likeness (QED) is 0.864. The van der Waals surface area contributed by atoms with E-state index in [1.165, 1.54) is 5.56 Å². The van der Waals surface area contributed by atoms with E-state index in [9.17, 15) is 0 Å². The molecule has 0 aliphatic rings. The summed E-state index contributed by atoms with van der Waals surface area (Å²) in [5.74, 6) is 1.65. The minimum Gasteiger partial charge on any atom is -0.497 e. The van der Waals surface area contributed by atoms with Crippen LogP contribution in [0.1, 0.15) is 5.56 Å². The Kier molecular flexibility index (Phi) is 4.20. The number of methoxy groups -OCH3 is 1. The van der Waals surface area contributed by atoms with Crippen molar-refractivity contribution >= 4 is 35.0 Å². The normalized spacial score (nSPS) is 10.5. The van der Waals surface area contributed by atoms with Crippen molar-refractivity contribution in [2.24, 2.45) is 0 Å². The van der Waals surface area contributed by atoms with Crippen molar-refractivity contribution in [3.63, 3.8) is 0 Å². The summed E-state index contributed by atoms with van der Waals surface area (Å²) >= 11 is 13.1. The molecule has 1 aromatic heterocycles. The van der Waals surface area contributed by atoms with Crippen LogP contribution in [0, 0.1) is 0 Å². The Labute approximate surface area is 113 Å². The van der Waals surface area contributed by atoms with Gasteiger partial charge in [-0.25, -0.2) is 4.98 Å². The summed E-state index contributed by atoms with van der Waals surface area (Å²) in [5.41, 5.74) is 1.18. The number of imidazole rings is 1. The predicted molar refractivity (Wildman–Crippen MR) is 71.2 cm³/mol. The zero-order chi connectivity index (χ0) is 12.3. The second-order valence-corrected chi connectivity index (χ2v) is 4.98. The molecule has 3 nitrogen and oxygen atoms in total. The van der Waals surface area contributed by atoms with Crippen molar-refractivity contribution in [2.75, 3.05) is 7.11 Å². The molecule has 1 heterocycles. The number of aromatic nitrogens is 2. The van der Waals surface area contributed by atoms with Crippen molar-refractivity contribution in [3.05, 3.63) is 40.1 Å². The highest BCUT2D eigenvalue weighted by molar-refractivity contribution is 7.98. The second kappa shape index (κ2) is 5.67. The number of hydrogen-bond acceptors (Lipinski definition) is 3. The zero-order valence-electron chi connectivity index (χ0n) is 9.04. The number of rotatable bonds is 4. The third-order valence-corrected chi connectivity index (χ3v) is 3.72. The van der Waals surface area contributed by atoms with Gasteiger partial charge >= 0.3 is 0 Å². The average molecular weight is 289 g/mol. The Morgan fingerprint density at radius 2 is 2.00 bits per heavy atom. The lowest BCUT2D eigenvalue weighted by Gasteiger charge is -2.01. The fourth-order valence-electron chi connectivity index (χ4n) is 1.25. The number of thioether (sulfide) groups is 1. The van der Waals surface area contributed by atoms with E-state index in [2.05, 4.69) is 9.97 Å². The number of hydrogen-bond donors (Lipinski definition) is 1. The summed E-state index contributed by atoms with van der Waals surface area (Å²) in [7, 11) is 1.65. The first-order valence-corrected chi connectivity index (χ1v) is 6.60. The highest BCUT2D eigenvalue weighted by Crippen LogP contribution is 2.26. The lowest BCUT2D eigenvalue weighted by atomic mass is 10.2. The van der Waals surface area contributed by atoms with Crippen LogP contribution in [0.4, 0.5) is 0 Å². The standard InChI is InChI=1S/C11H10Cl2N2OS/c1-16-8-4-2-7(3-5-8)6-17-11-14-9(12)10(13)15-11/h2-5H,6H2,1H3,(H,14,15). The lowest BCUT2D eigenvalue weighted by Crippen LogP contribution is -1.84. The maximum absolute atomic E-state index is 5.77.